The highest BCUT2D eigenvalue weighted by Gasteiger charge is 2.30. The van der Waals surface area contributed by atoms with Crippen LogP contribution < -0.4 is 0 Å². The van der Waals surface area contributed by atoms with Crippen LogP contribution in [0.15, 0.2) is 23.1 Å². The second-order valence-electron chi connectivity index (χ2n) is 7.00. The van der Waals surface area contributed by atoms with Gasteiger partial charge in [0.25, 0.3) is 0 Å². The largest absolute Gasteiger partial charge is 0.379 e. The van der Waals surface area contributed by atoms with E-state index in [1.54, 1.807) is 17.0 Å². The standard InChI is InChI=1S/C18H25N3O5S/c22-18(19-5-9-25-10-6-19)20-4-3-15-1-2-17(13-16(15)14-20)27(23,24)21-7-11-26-12-8-21/h1-2,13H,3-12,14H2. The van der Waals surface area contributed by atoms with Crippen molar-refractivity contribution in [3.8, 4) is 0 Å². The molecule has 0 unspecified atom stereocenters. The molecule has 0 bridgehead atoms. The molecule has 0 spiro atoms. The van der Waals surface area contributed by atoms with Crippen molar-refractivity contribution < 1.29 is 22.7 Å². The molecule has 1 aromatic rings. The molecule has 0 saturated carbocycles. The topological polar surface area (TPSA) is 79.4 Å². The lowest BCUT2D eigenvalue weighted by atomic mass is 10.00. The summed E-state index contributed by atoms with van der Waals surface area (Å²) in [6.45, 7) is 5.04. The van der Waals surface area contributed by atoms with Crippen molar-refractivity contribution in [1.29, 1.82) is 0 Å². The zero-order valence-electron chi connectivity index (χ0n) is 15.3. The van der Waals surface area contributed by atoms with Crippen LogP contribution in [0.1, 0.15) is 11.1 Å². The molecule has 0 aromatic heterocycles. The number of hydrogen-bond donors (Lipinski definition) is 0. The molecule has 0 aliphatic carbocycles. The molecule has 9 heteroatoms. The van der Waals surface area contributed by atoms with Crippen LogP contribution in [0.25, 0.3) is 0 Å². The molecular formula is C18H25N3O5S. The lowest BCUT2D eigenvalue weighted by Gasteiger charge is -2.35. The Kier molecular flexibility index (Phi) is 5.36. The number of amides is 2. The summed E-state index contributed by atoms with van der Waals surface area (Å²) in [5, 5.41) is 0. The molecule has 148 valence electrons. The Morgan fingerprint density at radius 2 is 1.52 bits per heavy atom. The molecule has 4 rings (SSSR count). The molecule has 1 aromatic carbocycles. The Balaban J connectivity index is 1.52. The van der Waals surface area contributed by atoms with Crippen molar-refractivity contribution >= 4 is 16.1 Å². The summed E-state index contributed by atoms with van der Waals surface area (Å²) >= 11 is 0. The van der Waals surface area contributed by atoms with Gasteiger partial charge in [-0.05, 0) is 29.7 Å². The maximum Gasteiger partial charge on any atom is 0.320 e. The highest BCUT2D eigenvalue weighted by Crippen LogP contribution is 2.25. The van der Waals surface area contributed by atoms with E-state index in [1.165, 1.54) is 4.31 Å². The third kappa shape index (κ3) is 3.82. The van der Waals surface area contributed by atoms with Gasteiger partial charge in [0.2, 0.25) is 10.0 Å². The first-order valence-corrected chi connectivity index (χ1v) is 10.8. The van der Waals surface area contributed by atoms with Gasteiger partial charge in [0.15, 0.2) is 0 Å². The molecule has 0 atom stereocenters. The fraction of sp³-hybridized carbons (Fsp3) is 0.611. The number of rotatable bonds is 2. The minimum atomic E-state index is -3.53. The highest BCUT2D eigenvalue weighted by atomic mass is 32.2. The summed E-state index contributed by atoms with van der Waals surface area (Å²) in [4.78, 5) is 16.7. The monoisotopic (exact) mass is 395 g/mol. The Bertz CT molecular complexity index is 801. The fourth-order valence-electron chi connectivity index (χ4n) is 3.75. The number of carbonyl (C=O) groups is 1. The van der Waals surface area contributed by atoms with Gasteiger partial charge in [-0.25, -0.2) is 13.2 Å². The van der Waals surface area contributed by atoms with Crippen molar-refractivity contribution in [2.24, 2.45) is 0 Å². The summed E-state index contributed by atoms with van der Waals surface area (Å²) in [5.74, 6) is 0. The molecule has 0 N–H and O–H groups in total. The van der Waals surface area contributed by atoms with Gasteiger partial charge < -0.3 is 19.3 Å². The Hall–Kier alpha value is -1.68. The fourth-order valence-corrected chi connectivity index (χ4v) is 5.21. The Morgan fingerprint density at radius 1 is 0.852 bits per heavy atom. The second kappa shape index (κ2) is 7.75. The molecule has 2 fully saturated rings. The Labute approximate surface area is 159 Å². The molecule has 2 amide bonds. The lowest BCUT2D eigenvalue weighted by molar-refractivity contribution is 0.0421. The summed E-state index contributed by atoms with van der Waals surface area (Å²) in [7, 11) is -3.53. The number of hydrogen-bond acceptors (Lipinski definition) is 5. The summed E-state index contributed by atoms with van der Waals surface area (Å²) < 4.78 is 37.8. The molecule has 2 saturated heterocycles. The minimum absolute atomic E-state index is 0.00499. The van der Waals surface area contributed by atoms with E-state index < -0.39 is 10.0 Å². The predicted octanol–water partition coefficient (Wildman–Crippen LogP) is 0.518. The second-order valence-corrected chi connectivity index (χ2v) is 8.94. The quantitative estimate of drug-likeness (QED) is 0.729. The molecule has 3 aliphatic rings. The number of nitrogens with zero attached hydrogens (tertiary/aromatic N) is 3. The smallest absolute Gasteiger partial charge is 0.320 e. The summed E-state index contributed by atoms with van der Waals surface area (Å²) in [6, 6.07) is 5.31. The van der Waals surface area contributed by atoms with Gasteiger partial charge in [0.05, 0.1) is 31.3 Å². The number of ether oxygens (including phenoxy) is 2. The van der Waals surface area contributed by atoms with Crippen molar-refractivity contribution in [2.45, 2.75) is 17.9 Å². The number of benzene rings is 1. The van der Waals surface area contributed by atoms with Crippen LogP contribution in [0.4, 0.5) is 4.79 Å². The first-order valence-electron chi connectivity index (χ1n) is 9.37. The van der Waals surface area contributed by atoms with Crippen LogP contribution in [0.2, 0.25) is 0 Å². The van der Waals surface area contributed by atoms with Gasteiger partial charge >= 0.3 is 6.03 Å². The van der Waals surface area contributed by atoms with E-state index in [2.05, 4.69) is 0 Å². The van der Waals surface area contributed by atoms with Gasteiger partial charge in [-0.1, -0.05) is 6.07 Å². The average molecular weight is 395 g/mol. The van der Waals surface area contributed by atoms with E-state index in [-0.39, 0.29) is 6.03 Å². The van der Waals surface area contributed by atoms with Gasteiger partial charge in [0, 0.05) is 39.3 Å². The predicted molar refractivity (Wildman–Crippen MR) is 97.9 cm³/mol. The first kappa shape index (κ1) is 18.7. The average Bonchev–Trinajstić information content (AvgIpc) is 2.73. The molecule has 27 heavy (non-hydrogen) atoms. The van der Waals surface area contributed by atoms with E-state index >= 15 is 0 Å². The van der Waals surface area contributed by atoms with E-state index in [1.807, 2.05) is 11.0 Å². The van der Waals surface area contributed by atoms with Crippen LogP contribution in [0.3, 0.4) is 0 Å². The Morgan fingerprint density at radius 3 is 2.22 bits per heavy atom. The van der Waals surface area contributed by atoms with Crippen LogP contribution in [-0.2, 0) is 32.5 Å². The summed E-state index contributed by atoms with van der Waals surface area (Å²) in [5.41, 5.74) is 2.03. The van der Waals surface area contributed by atoms with Crippen LogP contribution in [0, 0.1) is 0 Å². The van der Waals surface area contributed by atoms with E-state index in [0.29, 0.717) is 70.6 Å². The zero-order chi connectivity index (χ0) is 18.9. The van der Waals surface area contributed by atoms with Crippen LogP contribution in [-0.4, -0.2) is 87.7 Å². The van der Waals surface area contributed by atoms with E-state index in [4.69, 9.17) is 9.47 Å². The SMILES string of the molecule is O=C(N1CCOCC1)N1CCc2ccc(S(=O)(=O)N3CCOCC3)cc2C1. The highest BCUT2D eigenvalue weighted by molar-refractivity contribution is 7.89. The molecule has 0 radical (unpaired) electrons. The number of sulfonamides is 1. The van der Waals surface area contributed by atoms with Crippen molar-refractivity contribution in [1.82, 2.24) is 14.1 Å². The van der Waals surface area contributed by atoms with Gasteiger partial charge in [-0.15, -0.1) is 0 Å². The number of morpholine rings is 2. The van der Waals surface area contributed by atoms with E-state index in [9.17, 15) is 13.2 Å². The number of urea groups is 1. The van der Waals surface area contributed by atoms with Crippen LogP contribution >= 0.6 is 0 Å². The molecular weight excluding hydrogens is 370 g/mol. The van der Waals surface area contributed by atoms with Gasteiger partial charge in [-0.3, -0.25) is 0 Å². The number of carbonyl (C=O) groups excluding carboxylic acids is 1. The minimum Gasteiger partial charge on any atom is -0.379 e. The molecule has 8 nitrogen and oxygen atoms in total. The maximum atomic E-state index is 12.9. The third-order valence-corrected chi connectivity index (χ3v) is 7.24. The van der Waals surface area contributed by atoms with Crippen molar-refractivity contribution in [3.05, 3.63) is 29.3 Å². The van der Waals surface area contributed by atoms with Crippen molar-refractivity contribution in [3.63, 3.8) is 0 Å². The summed E-state index contributed by atoms with van der Waals surface area (Å²) in [6.07, 6.45) is 0.739. The maximum absolute atomic E-state index is 12.9. The van der Waals surface area contributed by atoms with E-state index in [0.717, 1.165) is 17.5 Å². The van der Waals surface area contributed by atoms with Gasteiger partial charge in [0.1, 0.15) is 0 Å². The molecule has 3 heterocycles. The zero-order valence-corrected chi connectivity index (χ0v) is 16.1. The van der Waals surface area contributed by atoms with Crippen LogP contribution in [0.5, 0.6) is 0 Å². The normalized spacial score (nSPS) is 21.8. The number of fused-ring (bicyclic) bond motifs is 1. The lowest BCUT2D eigenvalue weighted by Crippen LogP contribution is -2.49. The van der Waals surface area contributed by atoms with Gasteiger partial charge in [-0.2, -0.15) is 4.31 Å². The first-order chi connectivity index (χ1) is 13.1. The molecule has 3 aliphatic heterocycles. The van der Waals surface area contributed by atoms with Crippen molar-refractivity contribution in [2.75, 3.05) is 59.2 Å². The third-order valence-electron chi connectivity index (χ3n) is 5.35.